The predicted molar refractivity (Wildman–Crippen MR) is 157 cm³/mol. The summed E-state index contributed by atoms with van der Waals surface area (Å²) in [7, 11) is 0. The summed E-state index contributed by atoms with van der Waals surface area (Å²) in [6.45, 7) is 3.08. The molecule has 42 heavy (non-hydrogen) atoms. The Balaban J connectivity index is 1.37. The third kappa shape index (κ3) is 5.51. The van der Waals surface area contributed by atoms with Gasteiger partial charge in [0.25, 0.3) is 0 Å². The van der Waals surface area contributed by atoms with Gasteiger partial charge < -0.3 is 10.0 Å². The van der Waals surface area contributed by atoms with Crippen molar-refractivity contribution in [1.82, 2.24) is 24.5 Å². The lowest BCUT2D eigenvalue weighted by Gasteiger charge is -2.35. The minimum atomic E-state index is -1.82. The van der Waals surface area contributed by atoms with Crippen molar-refractivity contribution in [3.63, 3.8) is 0 Å². The van der Waals surface area contributed by atoms with E-state index >= 15 is 4.39 Å². The molecule has 0 aliphatic rings. The number of anilines is 1. The van der Waals surface area contributed by atoms with Crippen LogP contribution in [0.3, 0.4) is 0 Å². The van der Waals surface area contributed by atoms with Gasteiger partial charge in [0.15, 0.2) is 0 Å². The van der Waals surface area contributed by atoms with Gasteiger partial charge >= 0.3 is 0 Å². The maximum absolute atomic E-state index is 15.1. The average Bonchev–Trinajstić information content (AvgIpc) is 3.67. The molecule has 0 fully saturated rings. The second kappa shape index (κ2) is 11.5. The Hall–Kier alpha value is -4.89. The molecule has 0 amide bonds. The van der Waals surface area contributed by atoms with E-state index in [1.54, 1.807) is 17.8 Å². The van der Waals surface area contributed by atoms with E-state index in [0.717, 1.165) is 28.7 Å². The van der Waals surface area contributed by atoms with E-state index in [4.69, 9.17) is 0 Å². The van der Waals surface area contributed by atoms with Crippen LogP contribution in [0, 0.1) is 11.6 Å². The van der Waals surface area contributed by atoms with E-state index < -0.39 is 23.3 Å². The summed E-state index contributed by atoms with van der Waals surface area (Å²) in [5, 5.41) is 21.7. The molecule has 2 heterocycles. The number of halogens is 2. The maximum atomic E-state index is 15.1. The van der Waals surface area contributed by atoms with Crippen molar-refractivity contribution in [3.05, 3.63) is 144 Å². The van der Waals surface area contributed by atoms with Crippen LogP contribution in [0.1, 0.15) is 29.7 Å². The molecule has 0 unspecified atom stereocenters. The van der Waals surface area contributed by atoms with E-state index in [0.29, 0.717) is 13.1 Å². The molecule has 0 aliphatic heterocycles. The zero-order valence-corrected chi connectivity index (χ0v) is 23.1. The van der Waals surface area contributed by atoms with Crippen LogP contribution in [0.15, 0.2) is 116 Å². The smallest absolute Gasteiger partial charge is 0.137 e. The number of benzene rings is 4. The highest BCUT2D eigenvalue weighted by Gasteiger charge is 2.41. The summed E-state index contributed by atoms with van der Waals surface area (Å²) >= 11 is 0. The fourth-order valence-electron chi connectivity index (χ4n) is 5.44. The first-order valence-corrected chi connectivity index (χ1v) is 13.7. The highest BCUT2D eigenvalue weighted by Crippen LogP contribution is 2.38. The highest BCUT2D eigenvalue weighted by molar-refractivity contribution is 5.83. The van der Waals surface area contributed by atoms with Gasteiger partial charge in [-0.2, -0.15) is 10.2 Å². The molecule has 1 N–H and O–H groups in total. The van der Waals surface area contributed by atoms with Crippen LogP contribution in [-0.2, 0) is 25.2 Å². The van der Waals surface area contributed by atoms with E-state index in [1.165, 1.54) is 34.5 Å². The van der Waals surface area contributed by atoms with Gasteiger partial charge in [-0.1, -0.05) is 66.7 Å². The van der Waals surface area contributed by atoms with Crippen molar-refractivity contribution in [3.8, 4) is 0 Å². The number of hydrogen-bond donors (Lipinski definition) is 1. The molecule has 6 aromatic rings. The number of aliphatic hydroxyl groups is 1. The first kappa shape index (κ1) is 27.3. The van der Waals surface area contributed by atoms with Crippen LogP contribution in [0.5, 0.6) is 0 Å². The van der Waals surface area contributed by atoms with E-state index in [9.17, 15) is 9.50 Å². The number of rotatable bonds is 10. The van der Waals surface area contributed by atoms with Crippen LogP contribution < -0.4 is 4.90 Å². The monoisotopic (exact) mass is 564 g/mol. The van der Waals surface area contributed by atoms with Gasteiger partial charge in [0, 0.05) is 35.8 Å². The standard InChI is InChI=1S/C33H30F2N6O/c1-24(33(42,21-40-23-36-22-38-40)30-14-12-28(34)17-31(30)35)41-32-15-13-29(16-27(32)18-37-41)39(19-25-8-4-2-5-9-25)20-26-10-6-3-7-11-26/h2-18,22-24,42H,19-21H2,1H3/t24-,33-/m1/s1. The van der Waals surface area contributed by atoms with Crippen LogP contribution in [0.2, 0.25) is 0 Å². The Labute approximate surface area is 242 Å². The van der Waals surface area contributed by atoms with Gasteiger partial charge in [-0.25, -0.2) is 18.4 Å². The van der Waals surface area contributed by atoms with Gasteiger partial charge in [0.2, 0.25) is 0 Å². The molecule has 212 valence electrons. The summed E-state index contributed by atoms with van der Waals surface area (Å²) in [4.78, 5) is 6.26. The normalized spacial score (nSPS) is 13.6. The summed E-state index contributed by atoms with van der Waals surface area (Å²) in [6, 6.07) is 29.1. The topological polar surface area (TPSA) is 72.0 Å². The number of aromatic nitrogens is 5. The second-order valence-corrected chi connectivity index (χ2v) is 10.5. The van der Waals surface area contributed by atoms with Crippen LogP contribution in [0.4, 0.5) is 14.5 Å². The summed E-state index contributed by atoms with van der Waals surface area (Å²) in [5.41, 5.74) is 2.30. The highest BCUT2D eigenvalue weighted by atomic mass is 19.1. The first-order valence-electron chi connectivity index (χ1n) is 13.7. The number of fused-ring (bicyclic) bond motifs is 1. The van der Waals surface area contributed by atoms with Gasteiger partial charge in [0.1, 0.15) is 29.9 Å². The largest absolute Gasteiger partial charge is 0.381 e. The maximum Gasteiger partial charge on any atom is 0.137 e. The average molecular weight is 565 g/mol. The Kier molecular flexibility index (Phi) is 7.50. The molecule has 0 saturated heterocycles. The molecule has 4 aromatic carbocycles. The molecule has 2 atom stereocenters. The molecule has 0 bridgehead atoms. The SMILES string of the molecule is C[C@@H](n1ncc2cc(N(Cc3ccccc3)Cc3ccccc3)ccc21)[C@](O)(Cn1cncn1)c1ccc(F)cc1F. The van der Waals surface area contributed by atoms with Crippen LogP contribution in [0.25, 0.3) is 10.9 Å². The van der Waals surface area contributed by atoms with Gasteiger partial charge in [-0.15, -0.1) is 0 Å². The fourth-order valence-corrected chi connectivity index (χ4v) is 5.44. The Morgan fingerprint density at radius 2 is 1.55 bits per heavy atom. The minimum absolute atomic E-state index is 0.0518. The lowest BCUT2D eigenvalue weighted by molar-refractivity contribution is -0.0354. The molecule has 0 spiro atoms. The fraction of sp³-hybridized carbons (Fsp3) is 0.182. The van der Waals surface area contributed by atoms with Crippen molar-refractivity contribution in [2.45, 2.75) is 38.2 Å². The minimum Gasteiger partial charge on any atom is -0.381 e. The zero-order valence-electron chi connectivity index (χ0n) is 23.1. The van der Waals surface area contributed by atoms with Gasteiger partial charge in [-0.3, -0.25) is 4.68 Å². The Morgan fingerprint density at radius 1 is 0.857 bits per heavy atom. The molecular weight excluding hydrogens is 534 g/mol. The van der Waals surface area contributed by atoms with Crippen molar-refractivity contribution >= 4 is 16.6 Å². The molecule has 0 aliphatic carbocycles. The predicted octanol–water partition coefficient (Wildman–Crippen LogP) is 6.26. The van der Waals surface area contributed by atoms with E-state index in [1.807, 2.05) is 48.5 Å². The second-order valence-electron chi connectivity index (χ2n) is 10.5. The summed E-state index contributed by atoms with van der Waals surface area (Å²) < 4.78 is 32.0. The van der Waals surface area contributed by atoms with Crippen LogP contribution in [-0.4, -0.2) is 29.7 Å². The lowest BCUT2D eigenvalue weighted by Crippen LogP contribution is -2.41. The number of nitrogens with zero attached hydrogens (tertiary/aromatic N) is 6. The third-order valence-electron chi connectivity index (χ3n) is 7.70. The van der Waals surface area contributed by atoms with Crippen LogP contribution >= 0.6 is 0 Å². The molecule has 0 radical (unpaired) electrons. The van der Waals surface area contributed by atoms with E-state index in [-0.39, 0.29) is 12.1 Å². The Bertz CT molecular complexity index is 1730. The van der Waals surface area contributed by atoms with Crippen molar-refractivity contribution < 1.29 is 13.9 Å². The van der Waals surface area contributed by atoms with Crippen molar-refractivity contribution in [2.75, 3.05) is 4.90 Å². The molecule has 2 aromatic heterocycles. The molecule has 6 rings (SSSR count). The zero-order chi connectivity index (χ0) is 29.1. The lowest BCUT2D eigenvalue weighted by atomic mass is 9.86. The number of hydrogen-bond acceptors (Lipinski definition) is 5. The summed E-state index contributed by atoms with van der Waals surface area (Å²) in [6.07, 6.45) is 4.53. The molecular formula is C33H30F2N6O. The van der Waals surface area contributed by atoms with E-state index in [2.05, 4.69) is 50.4 Å². The van der Waals surface area contributed by atoms with Gasteiger partial charge in [0.05, 0.1) is 24.3 Å². The van der Waals surface area contributed by atoms with Crippen molar-refractivity contribution in [2.24, 2.45) is 0 Å². The molecule has 9 heteroatoms. The Morgan fingerprint density at radius 3 is 2.17 bits per heavy atom. The molecule has 0 saturated carbocycles. The third-order valence-corrected chi connectivity index (χ3v) is 7.70. The summed E-state index contributed by atoms with van der Waals surface area (Å²) in [5.74, 6) is -1.57. The van der Waals surface area contributed by atoms with Crippen molar-refractivity contribution in [1.29, 1.82) is 0 Å². The molecule has 7 nitrogen and oxygen atoms in total. The van der Waals surface area contributed by atoms with Gasteiger partial charge in [-0.05, 0) is 42.3 Å². The quantitative estimate of drug-likeness (QED) is 0.213. The first-order chi connectivity index (χ1) is 20.4.